The van der Waals surface area contributed by atoms with E-state index in [-0.39, 0.29) is 18.3 Å². The molecule has 23 heavy (non-hydrogen) atoms. The van der Waals surface area contributed by atoms with Crippen molar-refractivity contribution in [1.29, 1.82) is 0 Å². The Labute approximate surface area is 143 Å². The second kappa shape index (κ2) is 8.53. The van der Waals surface area contributed by atoms with Crippen molar-refractivity contribution in [2.24, 2.45) is 0 Å². The van der Waals surface area contributed by atoms with Crippen LogP contribution in [0.5, 0.6) is 5.75 Å². The number of hydrogen-bond donors (Lipinski definition) is 1. The highest BCUT2D eigenvalue weighted by Crippen LogP contribution is 2.28. The summed E-state index contributed by atoms with van der Waals surface area (Å²) in [7, 11) is 1.70. The fourth-order valence-electron chi connectivity index (χ4n) is 2.63. The number of methoxy groups -OCH3 is 1. The van der Waals surface area contributed by atoms with Gasteiger partial charge in [0.15, 0.2) is 0 Å². The van der Waals surface area contributed by atoms with Gasteiger partial charge in [-0.3, -0.25) is 9.78 Å². The number of aryl methyl sites for hydroxylation is 1. The van der Waals surface area contributed by atoms with Crippen LogP contribution in [0.3, 0.4) is 0 Å². The summed E-state index contributed by atoms with van der Waals surface area (Å²) in [5, 5.41) is 2.94. The Morgan fingerprint density at radius 2 is 1.83 bits per heavy atom. The molecule has 0 atom stereocenters. The van der Waals surface area contributed by atoms with Crippen molar-refractivity contribution < 1.29 is 9.53 Å². The zero-order valence-corrected chi connectivity index (χ0v) is 14.8. The number of carbonyl (C=O) groups is 1. The molecule has 1 heterocycles. The maximum Gasteiger partial charge on any atom is 0.251 e. The first-order chi connectivity index (χ1) is 10.5. The van der Waals surface area contributed by atoms with Crippen molar-refractivity contribution in [3.05, 3.63) is 58.4 Å². The highest BCUT2D eigenvalue weighted by Gasteiger charge is 2.11. The molecule has 0 fully saturated rings. The number of aromatic nitrogens is 1. The molecule has 2 rings (SSSR count). The summed E-state index contributed by atoms with van der Waals surface area (Å²) >= 11 is 0. The summed E-state index contributed by atoms with van der Waals surface area (Å²) in [4.78, 5) is 15.9. The Balaban J connectivity index is 0.00000264. The molecule has 1 aromatic heterocycles. The zero-order chi connectivity index (χ0) is 16.1. The van der Waals surface area contributed by atoms with Crippen LogP contribution in [0, 0.1) is 20.8 Å². The Morgan fingerprint density at radius 3 is 2.43 bits per heavy atom. The van der Waals surface area contributed by atoms with Crippen molar-refractivity contribution in [1.82, 2.24) is 10.3 Å². The molecule has 0 radical (unpaired) electrons. The number of hydrogen-bond acceptors (Lipinski definition) is 3. The van der Waals surface area contributed by atoms with E-state index < -0.39 is 0 Å². The van der Waals surface area contributed by atoms with Crippen LogP contribution >= 0.6 is 12.4 Å². The van der Waals surface area contributed by atoms with Gasteiger partial charge < -0.3 is 10.1 Å². The van der Waals surface area contributed by atoms with E-state index in [1.807, 2.05) is 6.92 Å². The smallest absolute Gasteiger partial charge is 0.251 e. The summed E-state index contributed by atoms with van der Waals surface area (Å²) in [6.07, 6.45) is 4.04. The third-order valence-corrected chi connectivity index (χ3v) is 3.96. The Morgan fingerprint density at radius 1 is 1.17 bits per heavy atom. The number of carbonyl (C=O) groups excluding carboxylic acids is 1. The molecule has 1 amide bonds. The number of benzene rings is 1. The molecule has 1 aromatic carbocycles. The van der Waals surface area contributed by atoms with E-state index in [1.165, 1.54) is 11.1 Å². The number of amides is 1. The number of rotatable bonds is 5. The second-order valence-electron chi connectivity index (χ2n) is 5.38. The maximum absolute atomic E-state index is 12.0. The van der Waals surface area contributed by atoms with Gasteiger partial charge >= 0.3 is 0 Å². The molecule has 0 saturated heterocycles. The van der Waals surface area contributed by atoms with E-state index >= 15 is 0 Å². The maximum atomic E-state index is 12.0. The van der Waals surface area contributed by atoms with E-state index in [0.717, 1.165) is 23.3 Å². The lowest BCUT2D eigenvalue weighted by atomic mass is 9.96. The first-order valence-electron chi connectivity index (χ1n) is 7.36. The first-order valence-corrected chi connectivity index (χ1v) is 7.36. The van der Waals surface area contributed by atoms with Gasteiger partial charge in [-0.15, -0.1) is 12.4 Å². The summed E-state index contributed by atoms with van der Waals surface area (Å²) in [6.45, 7) is 6.81. The Hall–Kier alpha value is -2.07. The molecule has 0 unspecified atom stereocenters. The lowest BCUT2D eigenvalue weighted by Gasteiger charge is -2.16. The molecular weight excluding hydrogens is 312 g/mol. The van der Waals surface area contributed by atoms with E-state index in [1.54, 1.807) is 31.6 Å². The van der Waals surface area contributed by atoms with E-state index in [2.05, 4.69) is 30.2 Å². The quantitative estimate of drug-likeness (QED) is 0.911. The topological polar surface area (TPSA) is 51.2 Å². The minimum atomic E-state index is -0.0676. The zero-order valence-electron chi connectivity index (χ0n) is 14.0. The summed E-state index contributed by atoms with van der Waals surface area (Å²) in [5.41, 5.74) is 5.39. The molecule has 4 nitrogen and oxygen atoms in total. The third-order valence-electron chi connectivity index (χ3n) is 3.96. The minimum absolute atomic E-state index is 0. The largest absolute Gasteiger partial charge is 0.496 e. The van der Waals surface area contributed by atoms with E-state index in [0.29, 0.717) is 12.1 Å². The van der Waals surface area contributed by atoms with Gasteiger partial charge in [0.2, 0.25) is 0 Å². The molecule has 0 saturated carbocycles. The van der Waals surface area contributed by atoms with E-state index in [4.69, 9.17) is 4.74 Å². The number of nitrogens with zero attached hydrogens (tertiary/aromatic N) is 1. The van der Waals surface area contributed by atoms with Gasteiger partial charge in [0.25, 0.3) is 5.91 Å². The predicted molar refractivity (Wildman–Crippen MR) is 94.7 cm³/mol. The highest BCUT2D eigenvalue weighted by atomic mass is 35.5. The molecule has 1 N–H and O–H groups in total. The Kier molecular flexibility index (Phi) is 7.04. The van der Waals surface area contributed by atoms with Crippen molar-refractivity contribution in [3.8, 4) is 5.75 Å². The number of ether oxygens (including phenoxy) is 1. The van der Waals surface area contributed by atoms with Crippen molar-refractivity contribution in [2.45, 2.75) is 27.2 Å². The number of nitrogens with one attached hydrogen (secondary N) is 1. The van der Waals surface area contributed by atoms with Gasteiger partial charge in [-0.1, -0.05) is 6.07 Å². The monoisotopic (exact) mass is 334 g/mol. The van der Waals surface area contributed by atoms with Gasteiger partial charge in [-0.25, -0.2) is 0 Å². The summed E-state index contributed by atoms with van der Waals surface area (Å²) in [5.74, 6) is 0.879. The molecule has 5 heteroatoms. The fraction of sp³-hybridized carbons (Fsp3) is 0.333. The molecule has 0 bridgehead atoms. The number of pyridine rings is 1. The molecular formula is C18H23ClN2O2. The lowest BCUT2D eigenvalue weighted by Crippen LogP contribution is -2.25. The van der Waals surface area contributed by atoms with Crippen LogP contribution in [0.2, 0.25) is 0 Å². The third kappa shape index (κ3) is 4.45. The average molecular weight is 335 g/mol. The minimum Gasteiger partial charge on any atom is -0.496 e. The predicted octanol–water partition coefficient (Wildman–Crippen LogP) is 3.41. The summed E-state index contributed by atoms with van der Waals surface area (Å²) < 4.78 is 5.44. The van der Waals surface area contributed by atoms with Gasteiger partial charge in [-0.2, -0.15) is 0 Å². The van der Waals surface area contributed by atoms with Crippen LogP contribution in [-0.4, -0.2) is 24.5 Å². The highest BCUT2D eigenvalue weighted by molar-refractivity contribution is 5.93. The van der Waals surface area contributed by atoms with Gasteiger partial charge in [0.1, 0.15) is 5.75 Å². The van der Waals surface area contributed by atoms with Crippen LogP contribution in [0.4, 0.5) is 0 Å². The molecule has 0 aliphatic carbocycles. The molecule has 0 spiro atoms. The van der Waals surface area contributed by atoms with Crippen molar-refractivity contribution in [2.75, 3.05) is 13.7 Å². The van der Waals surface area contributed by atoms with Gasteiger partial charge in [0, 0.05) is 24.5 Å². The van der Waals surface area contributed by atoms with Gasteiger partial charge in [-0.05, 0) is 61.6 Å². The van der Waals surface area contributed by atoms with E-state index in [9.17, 15) is 4.79 Å². The Bertz CT molecular complexity index is 672. The fourth-order valence-corrected chi connectivity index (χ4v) is 2.63. The molecule has 2 aromatic rings. The van der Waals surface area contributed by atoms with Crippen LogP contribution in [0.1, 0.15) is 32.6 Å². The van der Waals surface area contributed by atoms with Crippen molar-refractivity contribution in [3.63, 3.8) is 0 Å². The molecule has 124 valence electrons. The lowest BCUT2D eigenvalue weighted by molar-refractivity contribution is 0.0954. The SMILES string of the molecule is COc1c(C)cc(CCNC(=O)c2ccncc2)c(C)c1C.Cl. The van der Waals surface area contributed by atoms with Crippen LogP contribution in [-0.2, 0) is 6.42 Å². The standard InChI is InChI=1S/C18H22N2O2.ClH/c1-12-11-16(13(2)14(3)17(12)22-4)7-10-20-18(21)15-5-8-19-9-6-15;/h5-6,8-9,11H,7,10H2,1-4H3,(H,20,21);1H. The van der Waals surface area contributed by atoms with Crippen molar-refractivity contribution >= 4 is 18.3 Å². The van der Waals surface area contributed by atoms with Crippen LogP contribution in [0.25, 0.3) is 0 Å². The van der Waals surface area contributed by atoms with Crippen LogP contribution in [0.15, 0.2) is 30.6 Å². The average Bonchev–Trinajstić information content (AvgIpc) is 2.53. The van der Waals surface area contributed by atoms with Crippen LogP contribution < -0.4 is 10.1 Å². The van der Waals surface area contributed by atoms with Gasteiger partial charge in [0.05, 0.1) is 7.11 Å². The first kappa shape index (κ1) is 19.0. The number of halogens is 1. The normalized spacial score (nSPS) is 9.91. The molecule has 0 aliphatic heterocycles. The second-order valence-corrected chi connectivity index (χ2v) is 5.38. The molecule has 0 aliphatic rings. The summed E-state index contributed by atoms with van der Waals surface area (Å²) in [6, 6.07) is 5.56.